The Labute approximate surface area is 418 Å². The van der Waals surface area contributed by atoms with Crippen LogP contribution in [0.25, 0.3) is 88.5 Å². The minimum atomic E-state index is -0.841. The average Bonchev–Trinajstić information content (AvgIpc) is 3.94. The van der Waals surface area contributed by atoms with Crippen LogP contribution in [-0.2, 0) is 27.2 Å². The Balaban J connectivity index is 0.000000194. The van der Waals surface area contributed by atoms with Crippen molar-refractivity contribution in [3.05, 3.63) is 209 Å². The van der Waals surface area contributed by atoms with Crippen LogP contribution in [0.1, 0.15) is 61.8 Å². The summed E-state index contributed by atoms with van der Waals surface area (Å²) in [6.45, 7) is 19.8. The number of rotatable bonds is 8. The van der Waals surface area contributed by atoms with Gasteiger partial charge in [-0.1, -0.05) is 140 Å². The van der Waals surface area contributed by atoms with Crippen molar-refractivity contribution < 1.29 is 46.7 Å². The molecular weight excluding hydrogens is 1060 g/mol. The zero-order valence-corrected chi connectivity index (χ0v) is 41.7. The normalized spacial score (nSPS) is 11.2. The van der Waals surface area contributed by atoms with Crippen LogP contribution in [0.5, 0.6) is 0 Å². The number of aryl methyl sites for hydroxylation is 3. The first-order valence-corrected chi connectivity index (χ1v) is 22.4. The molecule has 11 heteroatoms. The number of benzene rings is 6. The van der Waals surface area contributed by atoms with Crippen molar-refractivity contribution in [1.82, 2.24) is 14.5 Å². The molecular formula is C59H44F4IrN5O-3. The fourth-order valence-corrected chi connectivity index (χ4v) is 8.41. The Hall–Kier alpha value is -7.51. The molecule has 0 N–H and O–H groups in total. The van der Waals surface area contributed by atoms with Crippen LogP contribution in [0.4, 0.5) is 23.2 Å². The third kappa shape index (κ3) is 9.84. The second-order valence-corrected chi connectivity index (χ2v) is 17.6. The smallest absolute Gasteiger partial charge is 0.241 e. The van der Waals surface area contributed by atoms with Crippen LogP contribution in [0.3, 0.4) is 0 Å². The topological polar surface area (TPSA) is 52.1 Å². The first-order chi connectivity index (χ1) is 33.1. The van der Waals surface area contributed by atoms with Gasteiger partial charge in [-0.2, -0.15) is 0 Å². The van der Waals surface area contributed by atoms with Gasteiger partial charge in [0.1, 0.15) is 5.58 Å². The molecule has 0 unspecified atom stereocenters. The van der Waals surface area contributed by atoms with Gasteiger partial charge < -0.3 is 23.5 Å². The monoisotopic (exact) mass is 1110 g/mol. The van der Waals surface area contributed by atoms with Gasteiger partial charge in [-0.05, 0) is 93.5 Å². The zero-order valence-electron chi connectivity index (χ0n) is 39.3. The van der Waals surface area contributed by atoms with Crippen molar-refractivity contribution in [2.75, 3.05) is 0 Å². The van der Waals surface area contributed by atoms with Crippen LogP contribution < -0.4 is 4.57 Å². The summed E-state index contributed by atoms with van der Waals surface area (Å²) >= 11 is 0. The molecule has 0 amide bonds. The second-order valence-electron chi connectivity index (χ2n) is 17.6. The first-order valence-electron chi connectivity index (χ1n) is 22.4. The summed E-state index contributed by atoms with van der Waals surface area (Å²) in [6.07, 6.45) is 8.97. The van der Waals surface area contributed by atoms with Gasteiger partial charge in [0.25, 0.3) is 0 Å². The molecule has 0 saturated carbocycles. The Bertz CT molecular complexity index is 3530. The molecule has 4 heterocycles. The summed E-state index contributed by atoms with van der Waals surface area (Å²) in [5.41, 5.74) is 12.8. The van der Waals surface area contributed by atoms with E-state index >= 15 is 0 Å². The standard InChI is InChI=1S/C35H27F4N.C24H17N4O.Ir/c1-20(2)29-14-23(22-8-6-5-7-9-22)15-30(21(3)4)35(29)24-16-33(27-12-10-25(36)18-31(27)38)40-34(17-24)28-13-11-26(37)19-32(28)39;1-15-9-22(26-13-16(15)2)21-12-18(28-8-7-27(4)14-28)11-20-19-6-5-17(25-3)10-23(19)29-24(20)21;/h5-11,14-21H,1-4H3;5-11,13H,1-2,4H3;/q-2;-1;. The third-order valence-electron chi connectivity index (χ3n) is 12.1. The maximum atomic E-state index is 14.9. The van der Waals surface area contributed by atoms with E-state index in [1.54, 1.807) is 18.2 Å². The molecule has 0 aliphatic rings. The molecule has 0 atom stereocenters. The van der Waals surface area contributed by atoms with Crippen molar-refractivity contribution in [1.29, 1.82) is 0 Å². The van der Waals surface area contributed by atoms with Crippen LogP contribution in [0.2, 0.25) is 0 Å². The van der Waals surface area contributed by atoms with Gasteiger partial charge in [0.15, 0.2) is 5.69 Å². The number of hydrogen-bond donors (Lipinski definition) is 0. The molecule has 1 radical (unpaired) electrons. The number of hydrogen-bond acceptors (Lipinski definition) is 3. The Morgan fingerprint density at radius 3 is 1.86 bits per heavy atom. The molecule has 0 aliphatic heterocycles. The molecule has 0 fully saturated rings. The Morgan fingerprint density at radius 1 is 0.686 bits per heavy atom. The van der Waals surface area contributed by atoms with E-state index in [4.69, 9.17) is 11.0 Å². The molecule has 6 nitrogen and oxygen atoms in total. The summed E-state index contributed by atoms with van der Waals surface area (Å²) in [4.78, 5) is 12.7. The quantitative estimate of drug-likeness (QED) is 0.0865. The van der Waals surface area contributed by atoms with Crippen molar-refractivity contribution in [2.24, 2.45) is 7.05 Å². The number of nitrogens with zero attached hydrogens (tertiary/aromatic N) is 5. The summed E-state index contributed by atoms with van der Waals surface area (Å²) in [5.74, 6) is -3.00. The molecule has 0 spiro atoms. The van der Waals surface area contributed by atoms with E-state index in [2.05, 4.69) is 104 Å². The number of halogens is 4. The minimum absolute atomic E-state index is 0. The average molecular weight is 1110 g/mol. The molecule has 0 aliphatic carbocycles. The summed E-state index contributed by atoms with van der Waals surface area (Å²) in [7, 11) is 1.93. The number of pyridine rings is 2. The van der Waals surface area contributed by atoms with E-state index in [1.165, 1.54) is 0 Å². The number of furan rings is 1. The fourth-order valence-electron chi connectivity index (χ4n) is 8.41. The summed E-state index contributed by atoms with van der Waals surface area (Å²) in [5, 5.41) is 1.93. The van der Waals surface area contributed by atoms with Crippen molar-refractivity contribution in [3.63, 3.8) is 0 Å². The maximum Gasteiger partial charge on any atom is 0.241 e. The molecule has 4 aromatic heterocycles. The van der Waals surface area contributed by atoms with E-state index in [-0.39, 0.29) is 54.5 Å². The van der Waals surface area contributed by atoms with Crippen molar-refractivity contribution in [3.8, 4) is 61.7 Å². The molecule has 10 rings (SSSR count). The van der Waals surface area contributed by atoms with Gasteiger partial charge in [-0.3, -0.25) is 17.6 Å². The number of fused-ring (bicyclic) bond motifs is 3. The Kier molecular flexibility index (Phi) is 14.1. The van der Waals surface area contributed by atoms with E-state index in [0.717, 1.165) is 96.5 Å². The van der Waals surface area contributed by atoms with E-state index in [9.17, 15) is 17.6 Å². The third-order valence-corrected chi connectivity index (χ3v) is 12.1. The van der Waals surface area contributed by atoms with Crippen molar-refractivity contribution >= 4 is 27.6 Å². The van der Waals surface area contributed by atoms with E-state index in [0.29, 0.717) is 16.8 Å². The molecule has 0 bridgehead atoms. The molecule has 10 aromatic rings. The number of aromatic nitrogens is 4. The van der Waals surface area contributed by atoms with Crippen molar-refractivity contribution in [2.45, 2.75) is 53.4 Å². The van der Waals surface area contributed by atoms with Gasteiger partial charge in [-0.15, -0.1) is 36.4 Å². The van der Waals surface area contributed by atoms with Gasteiger partial charge in [0.05, 0.1) is 19.2 Å². The second kappa shape index (κ2) is 20.2. The zero-order chi connectivity index (χ0) is 48.7. The molecule has 351 valence electrons. The summed E-state index contributed by atoms with van der Waals surface area (Å²) in [6, 6.07) is 39.8. The maximum absolute atomic E-state index is 14.9. The largest absolute Gasteiger partial charge is 0.502 e. The Morgan fingerprint density at radius 2 is 1.31 bits per heavy atom. The van der Waals surface area contributed by atoms with Gasteiger partial charge >= 0.3 is 0 Å². The SMILES string of the molecule is CC(C)c1cc(-c2ccccc2)cc(C(C)C)c1-c1cc(-c2[c-]cc(F)cc2F)nc(-c2[c-]cc(F)cc2F)c1.[C-]#[N+]c1ccc2c(c1)oc1c(-c3cc(C)c(C)cn3)[c-]c(-n3[c-][n+](C)cc3)cc12.[Ir]. The van der Waals surface area contributed by atoms with Crippen LogP contribution >= 0.6 is 0 Å². The van der Waals surface area contributed by atoms with Gasteiger partial charge in [0, 0.05) is 67.4 Å². The fraction of sp³-hybridized carbons (Fsp3) is 0.153. The molecule has 70 heavy (non-hydrogen) atoms. The van der Waals surface area contributed by atoms with E-state index < -0.39 is 23.3 Å². The molecule has 0 saturated heterocycles. The van der Waals surface area contributed by atoms with Crippen LogP contribution in [0, 0.1) is 68.2 Å². The van der Waals surface area contributed by atoms with Gasteiger partial charge in [0.2, 0.25) is 6.33 Å². The predicted octanol–water partition coefficient (Wildman–Crippen LogP) is 15.2. The van der Waals surface area contributed by atoms with Crippen LogP contribution in [0.15, 0.2) is 132 Å². The number of imidazole rings is 1. The van der Waals surface area contributed by atoms with Crippen LogP contribution in [-0.4, -0.2) is 14.5 Å². The first kappa shape index (κ1) is 48.9. The molecule has 6 aromatic carbocycles. The minimum Gasteiger partial charge on any atom is -0.502 e. The predicted molar refractivity (Wildman–Crippen MR) is 263 cm³/mol. The summed E-state index contributed by atoms with van der Waals surface area (Å²) < 4.78 is 67.3. The van der Waals surface area contributed by atoms with E-state index in [1.807, 2.05) is 78.1 Å². The van der Waals surface area contributed by atoms with Gasteiger partial charge in [-0.25, -0.2) is 4.85 Å².